The van der Waals surface area contributed by atoms with E-state index < -0.39 is 0 Å². The molecule has 0 atom stereocenters. The van der Waals surface area contributed by atoms with Gasteiger partial charge in [0.1, 0.15) is 5.82 Å². The molecule has 6 heteroatoms. The number of carbonyl (C=O) groups excluding carboxylic acids is 1. The highest BCUT2D eigenvalue weighted by Crippen LogP contribution is 2.21. The van der Waals surface area contributed by atoms with E-state index in [0.29, 0.717) is 23.8 Å². The van der Waals surface area contributed by atoms with Crippen molar-refractivity contribution < 1.29 is 9.53 Å². The van der Waals surface area contributed by atoms with Crippen LogP contribution in [-0.4, -0.2) is 29.1 Å². The van der Waals surface area contributed by atoms with Gasteiger partial charge in [0, 0.05) is 19.3 Å². The molecular formula is C22H24N4O2. The molecule has 0 saturated carbocycles. The fourth-order valence-electron chi connectivity index (χ4n) is 2.84. The molecule has 0 aliphatic rings. The van der Waals surface area contributed by atoms with Crippen LogP contribution in [0.1, 0.15) is 29.8 Å². The van der Waals surface area contributed by atoms with Gasteiger partial charge in [0.25, 0.3) is 0 Å². The van der Waals surface area contributed by atoms with Crippen LogP contribution in [0.15, 0.2) is 66.9 Å². The summed E-state index contributed by atoms with van der Waals surface area (Å²) >= 11 is 0. The Morgan fingerprint density at radius 1 is 1.04 bits per heavy atom. The van der Waals surface area contributed by atoms with Gasteiger partial charge in [0.2, 0.25) is 5.95 Å². The molecule has 144 valence electrons. The SMILES string of the molecule is CCOC(=O)c1ccccc1Nc1nccc(N(CC)Cc2ccccc2)n1. The number of benzene rings is 2. The van der Waals surface area contributed by atoms with Crippen LogP contribution in [-0.2, 0) is 11.3 Å². The minimum Gasteiger partial charge on any atom is -0.462 e. The molecule has 0 bridgehead atoms. The summed E-state index contributed by atoms with van der Waals surface area (Å²) in [6, 6.07) is 19.3. The molecule has 0 radical (unpaired) electrons. The lowest BCUT2D eigenvalue weighted by Crippen LogP contribution is -2.23. The molecule has 0 fully saturated rings. The fraction of sp³-hybridized carbons (Fsp3) is 0.227. The number of esters is 1. The molecule has 3 rings (SSSR count). The molecule has 6 nitrogen and oxygen atoms in total. The second-order valence-corrected chi connectivity index (χ2v) is 6.13. The fourth-order valence-corrected chi connectivity index (χ4v) is 2.84. The number of carbonyl (C=O) groups is 1. The molecule has 2 aromatic carbocycles. The molecule has 0 saturated heterocycles. The van der Waals surface area contributed by atoms with Crippen molar-refractivity contribution in [2.24, 2.45) is 0 Å². The maximum absolute atomic E-state index is 12.2. The standard InChI is InChI=1S/C22H24N4O2/c1-3-26(16-17-10-6-5-7-11-17)20-14-15-23-22(25-20)24-19-13-9-8-12-18(19)21(27)28-4-2/h5-15H,3-4,16H2,1-2H3,(H,23,24,25). The van der Waals surface area contributed by atoms with Gasteiger partial charge in [0.15, 0.2) is 0 Å². The summed E-state index contributed by atoms with van der Waals surface area (Å²) in [6.07, 6.45) is 1.71. The minimum atomic E-state index is -0.374. The van der Waals surface area contributed by atoms with Crippen LogP contribution in [0, 0.1) is 0 Å². The van der Waals surface area contributed by atoms with Crippen molar-refractivity contribution >= 4 is 23.4 Å². The largest absolute Gasteiger partial charge is 0.462 e. The Kier molecular flexibility index (Phi) is 6.57. The average Bonchev–Trinajstić information content (AvgIpc) is 2.73. The van der Waals surface area contributed by atoms with E-state index in [-0.39, 0.29) is 5.97 Å². The maximum Gasteiger partial charge on any atom is 0.340 e. The lowest BCUT2D eigenvalue weighted by Gasteiger charge is -2.22. The van der Waals surface area contributed by atoms with E-state index >= 15 is 0 Å². The van der Waals surface area contributed by atoms with Gasteiger partial charge < -0.3 is 15.0 Å². The highest BCUT2D eigenvalue weighted by molar-refractivity contribution is 5.96. The van der Waals surface area contributed by atoms with Gasteiger partial charge in [-0.2, -0.15) is 4.98 Å². The van der Waals surface area contributed by atoms with Crippen LogP contribution < -0.4 is 10.2 Å². The molecule has 0 spiro atoms. The van der Waals surface area contributed by atoms with E-state index in [1.165, 1.54) is 5.56 Å². The van der Waals surface area contributed by atoms with E-state index in [0.717, 1.165) is 18.9 Å². The predicted molar refractivity (Wildman–Crippen MR) is 111 cm³/mol. The van der Waals surface area contributed by atoms with Gasteiger partial charge >= 0.3 is 5.97 Å². The van der Waals surface area contributed by atoms with Crippen molar-refractivity contribution in [2.45, 2.75) is 20.4 Å². The molecule has 0 amide bonds. The van der Waals surface area contributed by atoms with E-state index in [9.17, 15) is 4.79 Å². The van der Waals surface area contributed by atoms with E-state index in [2.05, 4.69) is 39.2 Å². The summed E-state index contributed by atoms with van der Waals surface area (Å²) in [5.41, 5.74) is 2.28. The van der Waals surface area contributed by atoms with Gasteiger partial charge in [0.05, 0.1) is 17.9 Å². The number of rotatable bonds is 8. The average molecular weight is 376 g/mol. The molecular weight excluding hydrogens is 352 g/mol. The van der Waals surface area contributed by atoms with Gasteiger partial charge in [-0.1, -0.05) is 42.5 Å². The number of hydrogen-bond acceptors (Lipinski definition) is 6. The first kappa shape index (κ1) is 19.4. The molecule has 0 aliphatic carbocycles. The molecule has 3 aromatic rings. The van der Waals surface area contributed by atoms with Crippen LogP contribution >= 0.6 is 0 Å². The molecule has 1 heterocycles. The summed E-state index contributed by atoms with van der Waals surface area (Å²) in [6.45, 7) is 5.77. The molecule has 0 aliphatic heterocycles. The second kappa shape index (κ2) is 9.50. The van der Waals surface area contributed by atoms with Crippen LogP contribution in [0.25, 0.3) is 0 Å². The molecule has 1 aromatic heterocycles. The normalized spacial score (nSPS) is 10.4. The van der Waals surface area contributed by atoms with Crippen LogP contribution in [0.2, 0.25) is 0 Å². The van der Waals surface area contributed by atoms with E-state index in [4.69, 9.17) is 4.74 Å². The lowest BCUT2D eigenvalue weighted by atomic mass is 10.2. The smallest absolute Gasteiger partial charge is 0.340 e. The maximum atomic E-state index is 12.2. The first-order chi connectivity index (χ1) is 13.7. The van der Waals surface area contributed by atoms with Gasteiger partial charge in [-0.3, -0.25) is 0 Å². The summed E-state index contributed by atoms with van der Waals surface area (Å²) in [5.74, 6) is 0.874. The number of hydrogen-bond donors (Lipinski definition) is 1. The Balaban J connectivity index is 1.81. The quantitative estimate of drug-likeness (QED) is 0.587. The number of aromatic nitrogens is 2. The van der Waals surface area contributed by atoms with Gasteiger partial charge in [-0.25, -0.2) is 9.78 Å². The molecule has 1 N–H and O–H groups in total. The molecule has 0 unspecified atom stereocenters. The third kappa shape index (κ3) is 4.85. The Morgan fingerprint density at radius 3 is 2.54 bits per heavy atom. The first-order valence-corrected chi connectivity index (χ1v) is 9.36. The topological polar surface area (TPSA) is 67.3 Å². The van der Waals surface area contributed by atoms with Crippen molar-refractivity contribution in [2.75, 3.05) is 23.4 Å². The summed E-state index contributed by atoms with van der Waals surface area (Å²) < 4.78 is 5.12. The minimum absolute atomic E-state index is 0.324. The number of nitrogens with one attached hydrogen (secondary N) is 1. The molecule has 28 heavy (non-hydrogen) atoms. The number of anilines is 3. The number of para-hydroxylation sites is 1. The summed E-state index contributed by atoms with van der Waals surface area (Å²) in [5, 5.41) is 3.15. The van der Waals surface area contributed by atoms with Crippen molar-refractivity contribution in [3.63, 3.8) is 0 Å². The van der Waals surface area contributed by atoms with Crippen LogP contribution in [0.3, 0.4) is 0 Å². The predicted octanol–water partition coefficient (Wildman–Crippen LogP) is 4.42. The third-order valence-electron chi connectivity index (χ3n) is 4.23. The van der Waals surface area contributed by atoms with E-state index in [1.54, 1.807) is 25.3 Å². The zero-order chi connectivity index (χ0) is 19.8. The number of nitrogens with zero attached hydrogens (tertiary/aromatic N) is 3. The number of ether oxygens (including phenoxy) is 1. The third-order valence-corrected chi connectivity index (χ3v) is 4.23. The highest BCUT2D eigenvalue weighted by atomic mass is 16.5. The van der Waals surface area contributed by atoms with Crippen LogP contribution in [0.5, 0.6) is 0 Å². The Labute approximate surface area is 165 Å². The van der Waals surface area contributed by atoms with Crippen LogP contribution in [0.4, 0.5) is 17.5 Å². The second-order valence-electron chi connectivity index (χ2n) is 6.13. The Bertz CT molecular complexity index is 915. The Hall–Kier alpha value is -3.41. The lowest BCUT2D eigenvalue weighted by molar-refractivity contribution is 0.0527. The first-order valence-electron chi connectivity index (χ1n) is 9.36. The zero-order valence-corrected chi connectivity index (χ0v) is 16.1. The van der Waals surface area contributed by atoms with Crippen molar-refractivity contribution in [1.82, 2.24) is 9.97 Å². The van der Waals surface area contributed by atoms with E-state index in [1.807, 2.05) is 36.4 Å². The van der Waals surface area contributed by atoms with Crippen molar-refractivity contribution in [3.8, 4) is 0 Å². The highest BCUT2D eigenvalue weighted by Gasteiger charge is 2.14. The Morgan fingerprint density at radius 2 is 1.79 bits per heavy atom. The zero-order valence-electron chi connectivity index (χ0n) is 16.1. The van der Waals surface area contributed by atoms with Crippen molar-refractivity contribution in [3.05, 3.63) is 78.0 Å². The summed E-state index contributed by atoms with van der Waals surface area (Å²) in [4.78, 5) is 23.3. The van der Waals surface area contributed by atoms with Gasteiger partial charge in [-0.05, 0) is 37.6 Å². The summed E-state index contributed by atoms with van der Waals surface area (Å²) in [7, 11) is 0. The van der Waals surface area contributed by atoms with Crippen molar-refractivity contribution in [1.29, 1.82) is 0 Å². The van der Waals surface area contributed by atoms with Gasteiger partial charge in [-0.15, -0.1) is 0 Å². The monoisotopic (exact) mass is 376 g/mol.